The molecule has 0 bridgehead atoms. The van der Waals surface area contributed by atoms with E-state index in [1.54, 1.807) is 43.3 Å². The summed E-state index contributed by atoms with van der Waals surface area (Å²) in [4.78, 5) is 16.2. The number of hydrogen-bond donors (Lipinski definition) is 0. The molecule has 0 amide bonds. The molecule has 1 atom stereocenters. The summed E-state index contributed by atoms with van der Waals surface area (Å²) in [6.45, 7) is 1.49. The van der Waals surface area contributed by atoms with Crippen LogP contribution >= 0.6 is 11.6 Å². The van der Waals surface area contributed by atoms with E-state index in [2.05, 4.69) is 10.1 Å². The monoisotopic (exact) mass is 358 g/mol. The van der Waals surface area contributed by atoms with E-state index in [4.69, 9.17) is 25.6 Å². The van der Waals surface area contributed by atoms with Gasteiger partial charge in [0.2, 0.25) is 5.82 Å². The van der Waals surface area contributed by atoms with Gasteiger partial charge in [-0.15, -0.1) is 0 Å². The van der Waals surface area contributed by atoms with Gasteiger partial charge in [-0.1, -0.05) is 35.0 Å². The molecule has 1 heterocycles. The van der Waals surface area contributed by atoms with E-state index in [0.717, 1.165) is 5.56 Å². The standard InChI is InChI=1S/C18H15ClN2O4/c1-12(24-15-5-3-2-4-6-15)18(22)23-11-16-20-17(21-25-16)13-7-9-14(19)10-8-13/h2-10,12H,11H2,1H3. The van der Waals surface area contributed by atoms with Crippen molar-refractivity contribution >= 4 is 17.6 Å². The van der Waals surface area contributed by atoms with Gasteiger partial charge in [-0.2, -0.15) is 4.98 Å². The Kier molecular flexibility index (Phi) is 5.30. The number of hydrogen-bond acceptors (Lipinski definition) is 6. The molecule has 1 unspecified atom stereocenters. The maximum Gasteiger partial charge on any atom is 0.347 e. The van der Waals surface area contributed by atoms with Gasteiger partial charge < -0.3 is 14.0 Å². The summed E-state index contributed by atoms with van der Waals surface area (Å²) < 4.78 is 15.7. The summed E-state index contributed by atoms with van der Waals surface area (Å²) in [6.07, 6.45) is -0.749. The second-order valence-electron chi connectivity index (χ2n) is 5.20. The number of para-hydroxylation sites is 1. The molecule has 0 spiro atoms. The molecule has 0 N–H and O–H groups in total. The summed E-state index contributed by atoms with van der Waals surface area (Å²) in [5, 5.41) is 4.47. The molecule has 0 fully saturated rings. The Bertz CT molecular complexity index is 834. The van der Waals surface area contributed by atoms with Crippen molar-refractivity contribution < 1.29 is 18.8 Å². The topological polar surface area (TPSA) is 74.5 Å². The SMILES string of the molecule is CC(Oc1ccccc1)C(=O)OCc1nc(-c2ccc(Cl)cc2)no1. The lowest BCUT2D eigenvalue weighted by atomic mass is 10.2. The molecular formula is C18H15ClN2O4. The van der Waals surface area contributed by atoms with Gasteiger partial charge in [0.1, 0.15) is 5.75 Å². The molecule has 0 radical (unpaired) electrons. The fourth-order valence-electron chi connectivity index (χ4n) is 2.03. The number of aromatic nitrogens is 2. The third-order valence-electron chi connectivity index (χ3n) is 3.30. The molecule has 0 saturated heterocycles. The highest BCUT2D eigenvalue weighted by Crippen LogP contribution is 2.19. The molecule has 2 aromatic carbocycles. The first-order valence-electron chi connectivity index (χ1n) is 7.58. The second-order valence-corrected chi connectivity index (χ2v) is 5.64. The minimum atomic E-state index is -0.749. The molecular weight excluding hydrogens is 344 g/mol. The number of benzene rings is 2. The fraction of sp³-hybridized carbons (Fsp3) is 0.167. The molecule has 0 aliphatic rings. The van der Waals surface area contributed by atoms with Crippen LogP contribution in [0.2, 0.25) is 5.02 Å². The Morgan fingerprint density at radius 1 is 1.16 bits per heavy atom. The minimum Gasteiger partial charge on any atom is -0.479 e. The van der Waals surface area contributed by atoms with Gasteiger partial charge in [0.15, 0.2) is 12.7 Å². The summed E-state index contributed by atoms with van der Waals surface area (Å²) in [5.74, 6) is 0.673. The number of rotatable bonds is 6. The third kappa shape index (κ3) is 4.58. The molecule has 3 rings (SSSR count). The highest BCUT2D eigenvalue weighted by molar-refractivity contribution is 6.30. The van der Waals surface area contributed by atoms with E-state index in [-0.39, 0.29) is 12.5 Å². The highest BCUT2D eigenvalue weighted by atomic mass is 35.5. The van der Waals surface area contributed by atoms with Gasteiger partial charge in [0, 0.05) is 10.6 Å². The first-order chi connectivity index (χ1) is 12.1. The Hall–Kier alpha value is -2.86. The predicted molar refractivity (Wildman–Crippen MR) is 91.1 cm³/mol. The van der Waals surface area contributed by atoms with Crippen LogP contribution in [0.1, 0.15) is 12.8 Å². The Morgan fingerprint density at radius 2 is 1.88 bits per heavy atom. The van der Waals surface area contributed by atoms with Gasteiger partial charge in [-0.25, -0.2) is 4.79 Å². The molecule has 0 saturated carbocycles. The van der Waals surface area contributed by atoms with Gasteiger partial charge >= 0.3 is 5.97 Å². The zero-order chi connectivity index (χ0) is 17.6. The molecule has 1 aromatic heterocycles. The van der Waals surface area contributed by atoms with E-state index in [1.807, 2.05) is 18.2 Å². The largest absolute Gasteiger partial charge is 0.479 e. The quantitative estimate of drug-likeness (QED) is 0.622. The predicted octanol–water partition coefficient (Wildman–Crippen LogP) is 3.90. The van der Waals surface area contributed by atoms with E-state index < -0.39 is 12.1 Å². The Morgan fingerprint density at radius 3 is 2.60 bits per heavy atom. The summed E-state index contributed by atoms with van der Waals surface area (Å²) in [6, 6.07) is 16.1. The Balaban J connectivity index is 1.54. The lowest BCUT2D eigenvalue weighted by molar-refractivity contribution is -0.153. The van der Waals surface area contributed by atoms with Crippen LogP contribution in [0.4, 0.5) is 0 Å². The van der Waals surface area contributed by atoms with Crippen LogP contribution in [0.3, 0.4) is 0 Å². The number of halogens is 1. The first-order valence-corrected chi connectivity index (χ1v) is 7.96. The van der Waals surface area contributed by atoms with Crippen LogP contribution in [0.15, 0.2) is 59.1 Å². The normalized spacial score (nSPS) is 11.8. The molecule has 128 valence electrons. The maximum atomic E-state index is 12.0. The molecule has 0 aliphatic heterocycles. The first kappa shape index (κ1) is 17.0. The highest BCUT2D eigenvalue weighted by Gasteiger charge is 2.18. The van der Waals surface area contributed by atoms with Crippen molar-refractivity contribution in [3.05, 3.63) is 65.5 Å². The van der Waals surface area contributed by atoms with Crippen LogP contribution in [-0.4, -0.2) is 22.2 Å². The zero-order valence-corrected chi connectivity index (χ0v) is 14.1. The second kappa shape index (κ2) is 7.81. The average molecular weight is 359 g/mol. The van der Waals surface area contributed by atoms with Crippen LogP contribution in [-0.2, 0) is 16.1 Å². The molecule has 7 heteroatoms. The van der Waals surface area contributed by atoms with Crippen molar-refractivity contribution in [3.8, 4) is 17.1 Å². The molecule has 3 aromatic rings. The summed E-state index contributed by atoms with van der Waals surface area (Å²) in [5.41, 5.74) is 0.756. The molecule has 25 heavy (non-hydrogen) atoms. The van der Waals surface area contributed by atoms with E-state index in [9.17, 15) is 4.79 Å². The van der Waals surface area contributed by atoms with Crippen molar-refractivity contribution in [3.63, 3.8) is 0 Å². The van der Waals surface area contributed by atoms with Gasteiger partial charge in [0.05, 0.1) is 0 Å². The summed E-state index contributed by atoms with van der Waals surface area (Å²) >= 11 is 5.84. The van der Waals surface area contributed by atoms with Crippen molar-refractivity contribution in [2.45, 2.75) is 19.6 Å². The maximum absolute atomic E-state index is 12.0. The third-order valence-corrected chi connectivity index (χ3v) is 3.55. The van der Waals surface area contributed by atoms with Crippen molar-refractivity contribution in [2.24, 2.45) is 0 Å². The van der Waals surface area contributed by atoms with Crippen LogP contribution < -0.4 is 4.74 Å². The number of carbonyl (C=O) groups excluding carboxylic acids is 1. The fourth-order valence-corrected chi connectivity index (χ4v) is 2.16. The van der Waals surface area contributed by atoms with Crippen molar-refractivity contribution in [2.75, 3.05) is 0 Å². The van der Waals surface area contributed by atoms with E-state index in [1.165, 1.54) is 0 Å². The van der Waals surface area contributed by atoms with Crippen LogP contribution in [0.5, 0.6) is 5.75 Å². The average Bonchev–Trinajstić information content (AvgIpc) is 3.10. The smallest absolute Gasteiger partial charge is 0.347 e. The van der Waals surface area contributed by atoms with Crippen LogP contribution in [0, 0.1) is 0 Å². The number of carbonyl (C=O) groups is 1. The van der Waals surface area contributed by atoms with Crippen molar-refractivity contribution in [1.29, 1.82) is 0 Å². The number of ether oxygens (including phenoxy) is 2. The van der Waals surface area contributed by atoms with Crippen LogP contribution in [0.25, 0.3) is 11.4 Å². The number of esters is 1. The lowest BCUT2D eigenvalue weighted by Gasteiger charge is -2.12. The number of nitrogens with zero attached hydrogens (tertiary/aromatic N) is 2. The van der Waals surface area contributed by atoms with Crippen molar-refractivity contribution in [1.82, 2.24) is 10.1 Å². The van der Waals surface area contributed by atoms with Gasteiger partial charge in [-0.3, -0.25) is 0 Å². The van der Waals surface area contributed by atoms with Gasteiger partial charge in [0.25, 0.3) is 5.89 Å². The minimum absolute atomic E-state index is 0.123. The molecule has 0 aliphatic carbocycles. The zero-order valence-electron chi connectivity index (χ0n) is 13.4. The summed E-state index contributed by atoms with van der Waals surface area (Å²) in [7, 11) is 0. The van der Waals surface area contributed by atoms with E-state index in [0.29, 0.717) is 16.6 Å². The molecule has 6 nitrogen and oxygen atoms in total. The Labute approximate surface area is 149 Å². The van der Waals surface area contributed by atoms with E-state index >= 15 is 0 Å². The van der Waals surface area contributed by atoms with Gasteiger partial charge in [-0.05, 0) is 43.3 Å². The lowest BCUT2D eigenvalue weighted by Crippen LogP contribution is -2.26.